The fraction of sp³-hybridized carbons (Fsp3) is 0.571. The second-order valence-corrected chi connectivity index (χ2v) is 7.73. The molecule has 28 heavy (non-hydrogen) atoms. The maximum Gasteiger partial charge on any atom is 0.269 e. The minimum absolute atomic E-state index is 0.135. The van der Waals surface area contributed by atoms with E-state index in [4.69, 9.17) is 5.10 Å². The Morgan fingerprint density at radius 3 is 2.32 bits per heavy atom. The highest BCUT2D eigenvalue weighted by atomic mass is 16.1. The summed E-state index contributed by atoms with van der Waals surface area (Å²) < 4.78 is 2.02. The zero-order chi connectivity index (χ0) is 20.3. The van der Waals surface area contributed by atoms with Gasteiger partial charge in [-0.25, -0.2) is 4.98 Å². The van der Waals surface area contributed by atoms with Gasteiger partial charge in [0.2, 0.25) is 0 Å². The lowest BCUT2D eigenvalue weighted by atomic mass is 9.81. The normalized spacial score (nSPS) is 15.0. The molecule has 0 radical (unpaired) electrons. The Morgan fingerprint density at radius 2 is 1.79 bits per heavy atom. The molecule has 1 N–H and O–H groups in total. The van der Waals surface area contributed by atoms with E-state index in [1.165, 1.54) is 11.5 Å². The lowest BCUT2D eigenvalue weighted by Gasteiger charge is -2.36. The zero-order valence-electron chi connectivity index (χ0n) is 17.7. The van der Waals surface area contributed by atoms with Crippen LogP contribution in [0.2, 0.25) is 0 Å². The number of carbonyl (C=O) groups is 1. The number of aryl methyl sites for hydroxylation is 1. The summed E-state index contributed by atoms with van der Waals surface area (Å²) in [5.74, 6) is 1.03. The minimum atomic E-state index is -0.158. The highest BCUT2D eigenvalue weighted by Crippen LogP contribution is 2.32. The topological polar surface area (TPSA) is 66.3 Å². The van der Waals surface area contributed by atoms with Gasteiger partial charge in [0, 0.05) is 51.8 Å². The summed E-state index contributed by atoms with van der Waals surface area (Å²) in [6.07, 6.45) is 3.97. The predicted molar refractivity (Wildman–Crippen MR) is 113 cm³/mol. The molecule has 2 aromatic rings. The van der Waals surface area contributed by atoms with Crippen molar-refractivity contribution in [2.45, 2.75) is 39.0 Å². The van der Waals surface area contributed by atoms with Crippen molar-refractivity contribution in [3.8, 4) is 0 Å². The molecular weight excluding hydrogens is 352 g/mol. The first kappa shape index (κ1) is 20.2. The summed E-state index contributed by atoms with van der Waals surface area (Å²) >= 11 is 0. The van der Waals surface area contributed by atoms with Gasteiger partial charge in [0.05, 0.1) is 17.6 Å². The standard InChI is InChI=1S/C21H32N6O/c1-6-21(3,7-2)18-14-19(25(5)24-18)27-12-10-26(11-13-27)16-8-9-17(23-15-16)20(28)22-4/h8-9,14-15H,6-7,10-13H2,1-5H3,(H,22,28). The number of aromatic nitrogens is 3. The summed E-state index contributed by atoms with van der Waals surface area (Å²) in [4.78, 5) is 20.7. The van der Waals surface area contributed by atoms with Crippen LogP contribution in [0, 0.1) is 0 Å². The molecule has 0 saturated carbocycles. The molecule has 0 bridgehead atoms. The SMILES string of the molecule is CCC(C)(CC)c1cc(N2CCN(c3ccc(C(=O)NC)nc3)CC2)n(C)n1. The largest absolute Gasteiger partial charge is 0.367 e. The maximum absolute atomic E-state index is 11.6. The molecule has 1 amide bonds. The highest BCUT2D eigenvalue weighted by molar-refractivity contribution is 5.92. The van der Waals surface area contributed by atoms with E-state index >= 15 is 0 Å². The molecule has 3 rings (SSSR count). The molecule has 0 unspecified atom stereocenters. The summed E-state index contributed by atoms with van der Waals surface area (Å²) in [6.45, 7) is 10.5. The van der Waals surface area contributed by atoms with Gasteiger partial charge in [-0.15, -0.1) is 0 Å². The predicted octanol–water partition coefficient (Wildman–Crippen LogP) is 2.58. The molecule has 1 aliphatic heterocycles. The Labute approximate surface area is 167 Å². The van der Waals surface area contributed by atoms with E-state index < -0.39 is 0 Å². The van der Waals surface area contributed by atoms with Gasteiger partial charge in [0.1, 0.15) is 11.5 Å². The van der Waals surface area contributed by atoms with E-state index in [0.717, 1.165) is 44.7 Å². The molecule has 2 aromatic heterocycles. The first-order valence-corrected chi connectivity index (χ1v) is 10.1. The third-order valence-corrected chi connectivity index (χ3v) is 6.21. The third-order valence-electron chi connectivity index (χ3n) is 6.21. The maximum atomic E-state index is 11.6. The number of amides is 1. The van der Waals surface area contributed by atoms with Gasteiger partial charge in [0.15, 0.2) is 0 Å². The van der Waals surface area contributed by atoms with Crippen molar-refractivity contribution in [2.75, 3.05) is 43.0 Å². The van der Waals surface area contributed by atoms with Gasteiger partial charge in [-0.2, -0.15) is 5.10 Å². The Hall–Kier alpha value is -2.57. The van der Waals surface area contributed by atoms with Crippen molar-refractivity contribution in [3.63, 3.8) is 0 Å². The number of hydrogen-bond donors (Lipinski definition) is 1. The highest BCUT2D eigenvalue weighted by Gasteiger charge is 2.28. The molecule has 0 atom stereocenters. The summed E-state index contributed by atoms with van der Waals surface area (Å²) in [7, 11) is 3.66. The Morgan fingerprint density at radius 1 is 1.14 bits per heavy atom. The monoisotopic (exact) mass is 384 g/mol. The minimum Gasteiger partial charge on any atom is -0.367 e. The molecule has 152 valence electrons. The first-order chi connectivity index (χ1) is 13.4. The fourth-order valence-electron chi connectivity index (χ4n) is 3.69. The van der Waals surface area contributed by atoms with Crippen LogP contribution in [0.3, 0.4) is 0 Å². The average Bonchev–Trinajstić information content (AvgIpc) is 3.15. The van der Waals surface area contributed by atoms with Gasteiger partial charge in [0.25, 0.3) is 5.91 Å². The molecule has 1 aliphatic rings. The van der Waals surface area contributed by atoms with E-state index in [1.807, 2.05) is 17.8 Å². The van der Waals surface area contributed by atoms with Gasteiger partial charge >= 0.3 is 0 Å². The van der Waals surface area contributed by atoms with Crippen LogP contribution in [0.15, 0.2) is 24.4 Å². The van der Waals surface area contributed by atoms with Crippen LogP contribution in [0.4, 0.5) is 11.5 Å². The second kappa shape index (κ2) is 8.20. The van der Waals surface area contributed by atoms with Crippen LogP contribution in [-0.4, -0.2) is 53.9 Å². The summed E-state index contributed by atoms with van der Waals surface area (Å²) in [5.41, 5.74) is 2.83. The van der Waals surface area contributed by atoms with E-state index in [0.29, 0.717) is 5.69 Å². The summed E-state index contributed by atoms with van der Waals surface area (Å²) in [5, 5.41) is 7.42. The average molecular weight is 385 g/mol. The van der Waals surface area contributed by atoms with Crippen LogP contribution in [0.5, 0.6) is 0 Å². The van der Waals surface area contributed by atoms with Gasteiger partial charge in [-0.1, -0.05) is 20.8 Å². The molecule has 0 aliphatic carbocycles. The molecule has 0 spiro atoms. The van der Waals surface area contributed by atoms with Crippen molar-refractivity contribution in [3.05, 3.63) is 35.8 Å². The van der Waals surface area contributed by atoms with E-state index in [-0.39, 0.29) is 11.3 Å². The molecular formula is C21H32N6O. The van der Waals surface area contributed by atoms with E-state index in [2.05, 4.69) is 46.9 Å². The number of nitrogens with zero attached hydrogens (tertiary/aromatic N) is 5. The van der Waals surface area contributed by atoms with Crippen molar-refractivity contribution < 1.29 is 4.79 Å². The van der Waals surface area contributed by atoms with Crippen LogP contribution in [0.1, 0.15) is 49.8 Å². The van der Waals surface area contributed by atoms with Gasteiger partial charge in [-0.05, 0) is 25.0 Å². The third kappa shape index (κ3) is 3.84. The molecule has 7 nitrogen and oxygen atoms in total. The second-order valence-electron chi connectivity index (χ2n) is 7.73. The van der Waals surface area contributed by atoms with Crippen molar-refractivity contribution >= 4 is 17.4 Å². The molecule has 1 saturated heterocycles. The molecule has 1 fully saturated rings. The van der Waals surface area contributed by atoms with Crippen molar-refractivity contribution in [1.82, 2.24) is 20.1 Å². The van der Waals surface area contributed by atoms with Crippen LogP contribution in [-0.2, 0) is 12.5 Å². The number of carbonyl (C=O) groups excluding carboxylic acids is 1. The number of nitrogens with one attached hydrogen (secondary N) is 1. The smallest absolute Gasteiger partial charge is 0.269 e. The lowest BCUT2D eigenvalue weighted by molar-refractivity contribution is 0.0958. The van der Waals surface area contributed by atoms with Crippen molar-refractivity contribution in [1.29, 1.82) is 0 Å². The summed E-state index contributed by atoms with van der Waals surface area (Å²) in [6, 6.07) is 6.02. The van der Waals surface area contributed by atoms with Crippen LogP contribution in [0.25, 0.3) is 0 Å². The molecule has 7 heteroatoms. The van der Waals surface area contributed by atoms with E-state index in [9.17, 15) is 4.79 Å². The van der Waals surface area contributed by atoms with Crippen LogP contribution < -0.4 is 15.1 Å². The molecule has 3 heterocycles. The first-order valence-electron chi connectivity index (χ1n) is 10.1. The fourth-order valence-corrected chi connectivity index (χ4v) is 3.69. The Bertz CT molecular complexity index is 801. The number of anilines is 2. The molecule has 0 aromatic carbocycles. The quantitative estimate of drug-likeness (QED) is 0.829. The number of rotatable bonds is 6. The van der Waals surface area contributed by atoms with Gasteiger partial charge < -0.3 is 15.1 Å². The number of piperazine rings is 1. The van der Waals surface area contributed by atoms with E-state index in [1.54, 1.807) is 19.3 Å². The van der Waals surface area contributed by atoms with Crippen LogP contribution >= 0.6 is 0 Å². The number of pyridine rings is 1. The van der Waals surface area contributed by atoms with Gasteiger partial charge in [-0.3, -0.25) is 9.48 Å². The van der Waals surface area contributed by atoms with Crippen molar-refractivity contribution in [2.24, 2.45) is 7.05 Å². The zero-order valence-corrected chi connectivity index (χ0v) is 17.7. The Kier molecular flexibility index (Phi) is 5.91. The Balaban J connectivity index is 1.67. The lowest BCUT2D eigenvalue weighted by Crippen LogP contribution is -2.47. The number of hydrogen-bond acceptors (Lipinski definition) is 5.